The topological polar surface area (TPSA) is 18.5 Å². The van der Waals surface area contributed by atoms with E-state index in [4.69, 9.17) is 9.47 Å². The molecule has 0 amide bonds. The van der Waals surface area contributed by atoms with Crippen LogP contribution in [0.25, 0.3) is 0 Å². The van der Waals surface area contributed by atoms with Crippen molar-refractivity contribution in [3.8, 4) is 0 Å². The molecule has 0 heterocycles. The van der Waals surface area contributed by atoms with Gasteiger partial charge in [0.2, 0.25) is 0 Å². The van der Waals surface area contributed by atoms with Crippen LogP contribution in [0.2, 0.25) is 12.6 Å². The van der Waals surface area contributed by atoms with Crippen LogP contribution >= 0.6 is 0 Å². The molecule has 0 aliphatic heterocycles. The van der Waals surface area contributed by atoms with Crippen molar-refractivity contribution in [1.29, 1.82) is 0 Å². The Morgan fingerprint density at radius 1 is 0.737 bits per heavy atom. The molecule has 3 heteroatoms. The van der Waals surface area contributed by atoms with E-state index in [2.05, 4.69) is 34.2 Å². The molecule has 0 atom stereocenters. The molecule has 19 heavy (non-hydrogen) atoms. The fourth-order valence-electron chi connectivity index (χ4n) is 2.22. The molecule has 0 bridgehead atoms. The highest BCUT2D eigenvalue weighted by molar-refractivity contribution is 6.33. The van der Waals surface area contributed by atoms with Crippen molar-refractivity contribution >= 4 is 9.52 Å². The Morgan fingerprint density at radius 3 is 1.68 bits per heavy atom. The summed E-state index contributed by atoms with van der Waals surface area (Å²) in [5.41, 5.74) is 0. The van der Waals surface area contributed by atoms with E-state index in [1.807, 2.05) is 0 Å². The summed E-state index contributed by atoms with van der Waals surface area (Å²) in [6.07, 6.45) is 9.78. The summed E-state index contributed by atoms with van der Waals surface area (Å²) in [7, 11) is 0.304. The Kier molecular flexibility index (Phi) is 13.2. The molecular formula is C16H36O2Si. The third kappa shape index (κ3) is 14.4. The molecule has 0 aliphatic carbocycles. The minimum Gasteiger partial charge on any atom is -0.350 e. The number of hydrogen-bond acceptors (Lipinski definition) is 2. The maximum absolute atomic E-state index is 5.80. The number of hydrogen-bond donors (Lipinski definition) is 0. The largest absolute Gasteiger partial charge is 0.350 e. The van der Waals surface area contributed by atoms with Gasteiger partial charge in [-0.25, -0.2) is 0 Å². The maximum Gasteiger partial charge on any atom is 0.158 e. The van der Waals surface area contributed by atoms with Crippen LogP contribution in [-0.2, 0) is 9.47 Å². The second-order valence-electron chi connectivity index (χ2n) is 6.06. The Balaban J connectivity index is 3.52. The van der Waals surface area contributed by atoms with E-state index >= 15 is 0 Å². The Bertz CT molecular complexity index is 174. The summed E-state index contributed by atoms with van der Waals surface area (Å²) in [5, 5.41) is 0. The first-order chi connectivity index (χ1) is 9.06. The Hall–Kier alpha value is 0.137. The maximum atomic E-state index is 5.80. The highest BCUT2D eigenvalue weighted by Gasteiger charge is 2.12. The quantitative estimate of drug-likeness (QED) is 0.282. The van der Waals surface area contributed by atoms with Gasteiger partial charge in [0.25, 0.3) is 0 Å². The molecule has 0 aliphatic rings. The van der Waals surface area contributed by atoms with Crippen molar-refractivity contribution in [2.75, 3.05) is 0 Å². The highest BCUT2D eigenvalue weighted by atomic mass is 28.2. The van der Waals surface area contributed by atoms with Crippen molar-refractivity contribution in [2.24, 2.45) is 0 Å². The van der Waals surface area contributed by atoms with Crippen LogP contribution in [-0.4, -0.2) is 28.0 Å². The van der Waals surface area contributed by atoms with E-state index in [0.29, 0.717) is 9.52 Å². The zero-order valence-electron chi connectivity index (χ0n) is 13.9. The Morgan fingerprint density at radius 2 is 1.21 bits per heavy atom. The van der Waals surface area contributed by atoms with Crippen molar-refractivity contribution in [3.63, 3.8) is 0 Å². The number of rotatable bonds is 13. The molecule has 0 N–H and O–H groups in total. The van der Waals surface area contributed by atoms with Gasteiger partial charge in [-0.2, -0.15) is 0 Å². The lowest BCUT2D eigenvalue weighted by Crippen LogP contribution is -2.24. The number of unbranched alkanes of at least 4 members (excludes halogenated alkanes) is 5. The summed E-state index contributed by atoms with van der Waals surface area (Å²) in [4.78, 5) is 0. The first kappa shape index (κ1) is 19.1. The lowest BCUT2D eigenvalue weighted by Gasteiger charge is -2.23. The van der Waals surface area contributed by atoms with Gasteiger partial charge in [-0.1, -0.05) is 44.7 Å². The molecule has 0 rings (SSSR count). The van der Waals surface area contributed by atoms with E-state index in [9.17, 15) is 0 Å². The molecule has 0 spiro atoms. The summed E-state index contributed by atoms with van der Waals surface area (Å²) in [6.45, 7) is 10.7. The zero-order chi connectivity index (χ0) is 14.5. The van der Waals surface area contributed by atoms with Gasteiger partial charge < -0.3 is 9.47 Å². The summed E-state index contributed by atoms with van der Waals surface area (Å²) in [6, 6.07) is 1.53. The van der Waals surface area contributed by atoms with Gasteiger partial charge in [-0.05, 0) is 40.5 Å². The van der Waals surface area contributed by atoms with E-state index in [1.54, 1.807) is 0 Å². The average Bonchev–Trinajstić information content (AvgIpc) is 2.30. The first-order valence-electron chi connectivity index (χ1n) is 8.37. The third-order valence-electron chi connectivity index (χ3n) is 3.14. The normalized spacial score (nSPS) is 12.6. The predicted octanol–water partition coefficient (Wildman–Crippen LogP) is 4.53. The second kappa shape index (κ2) is 13.1. The minimum atomic E-state index is -0.00825. The summed E-state index contributed by atoms with van der Waals surface area (Å²) < 4.78 is 11.6. The average molecular weight is 289 g/mol. The molecular weight excluding hydrogens is 252 g/mol. The molecule has 0 fully saturated rings. The van der Waals surface area contributed by atoms with Gasteiger partial charge in [-0.15, -0.1) is 0 Å². The predicted molar refractivity (Wildman–Crippen MR) is 87.8 cm³/mol. The summed E-state index contributed by atoms with van der Waals surface area (Å²) >= 11 is 0. The van der Waals surface area contributed by atoms with Crippen molar-refractivity contribution in [2.45, 2.75) is 104 Å². The highest BCUT2D eigenvalue weighted by Crippen LogP contribution is 2.14. The van der Waals surface area contributed by atoms with Crippen LogP contribution in [0.5, 0.6) is 0 Å². The molecule has 0 radical (unpaired) electrons. The Labute approximate surface area is 123 Å². The molecule has 0 aromatic rings. The van der Waals surface area contributed by atoms with Gasteiger partial charge in [0, 0.05) is 9.52 Å². The molecule has 0 aromatic carbocycles. The van der Waals surface area contributed by atoms with Gasteiger partial charge in [0.15, 0.2) is 6.29 Å². The van der Waals surface area contributed by atoms with Gasteiger partial charge in [0.05, 0.1) is 12.2 Å². The van der Waals surface area contributed by atoms with Crippen LogP contribution < -0.4 is 0 Å². The lowest BCUT2D eigenvalue weighted by atomic mass is 10.1. The second-order valence-corrected chi connectivity index (χ2v) is 7.77. The third-order valence-corrected chi connectivity index (χ3v) is 4.35. The minimum absolute atomic E-state index is 0.00825. The van der Waals surface area contributed by atoms with Crippen LogP contribution in [0, 0.1) is 0 Å². The van der Waals surface area contributed by atoms with Crippen molar-refractivity contribution in [1.82, 2.24) is 0 Å². The van der Waals surface area contributed by atoms with Gasteiger partial charge in [0.1, 0.15) is 0 Å². The van der Waals surface area contributed by atoms with Crippen molar-refractivity contribution in [3.05, 3.63) is 0 Å². The molecule has 0 unspecified atom stereocenters. The van der Waals surface area contributed by atoms with Gasteiger partial charge in [-0.3, -0.25) is 0 Å². The fourth-order valence-corrected chi connectivity index (χ4v) is 3.07. The van der Waals surface area contributed by atoms with Crippen LogP contribution in [0.1, 0.15) is 72.6 Å². The van der Waals surface area contributed by atoms with Crippen LogP contribution in [0.4, 0.5) is 0 Å². The van der Waals surface area contributed by atoms with Crippen molar-refractivity contribution < 1.29 is 9.47 Å². The summed E-state index contributed by atoms with van der Waals surface area (Å²) in [5.74, 6) is 0. The zero-order valence-corrected chi connectivity index (χ0v) is 15.3. The van der Waals surface area contributed by atoms with E-state index < -0.39 is 0 Å². The standard InChI is InChI=1S/C16H36O2Si/c1-14(2)17-16(18-15(3)4)12-10-8-6-7-9-11-13-19-5/h14-16H,6-13,19H2,1-5H3. The van der Waals surface area contributed by atoms with Crippen LogP contribution in [0.3, 0.4) is 0 Å². The van der Waals surface area contributed by atoms with E-state index in [1.165, 1.54) is 44.6 Å². The first-order valence-corrected chi connectivity index (χ1v) is 10.8. The SMILES string of the molecule is C[SiH2]CCCCCCCCC(OC(C)C)OC(C)C. The molecule has 0 saturated heterocycles. The molecule has 0 aromatic heterocycles. The number of ether oxygens (including phenoxy) is 2. The van der Waals surface area contributed by atoms with E-state index in [0.717, 1.165) is 6.42 Å². The molecule has 2 nitrogen and oxygen atoms in total. The van der Waals surface area contributed by atoms with Crippen LogP contribution in [0.15, 0.2) is 0 Å². The van der Waals surface area contributed by atoms with Gasteiger partial charge >= 0.3 is 0 Å². The molecule has 0 saturated carbocycles. The fraction of sp³-hybridized carbons (Fsp3) is 1.00. The molecule has 116 valence electrons. The monoisotopic (exact) mass is 288 g/mol. The lowest BCUT2D eigenvalue weighted by molar-refractivity contribution is -0.184. The van der Waals surface area contributed by atoms with E-state index in [-0.39, 0.29) is 18.5 Å². The smallest absolute Gasteiger partial charge is 0.158 e.